The molecule has 2 heterocycles. The third-order valence-corrected chi connectivity index (χ3v) is 5.52. The monoisotopic (exact) mass is 376 g/mol. The van der Waals surface area contributed by atoms with Gasteiger partial charge in [0.05, 0.1) is 6.04 Å². The van der Waals surface area contributed by atoms with Gasteiger partial charge in [-0.15, -0.1) is 0 Å². The molecule has 1 N–H and O–H groups in total. The van der Waals surface area contributed by atoms with Crippen LogP contribution in [0, 0.1) is 6.92 Å². The number of aliphatic hydroxyl groups is 1. The van der Waals surface area contributed by atoms with Crippen molar-refractivity contribution in [1.29, 1.82) is 0 Å². The molecule has 1 fully saturated rings. The normalized spacial score (nSPS) is 17.1. The van der Waals surface area contributed by atoms with E-state index < -0.39 is 6.10 Å². The van der Waals surface area contributed by atoms with E-state index in [9.17, 15) is 5.11 Å². The van der Waals surface area contributed by atoms with Crippen LogP contribution in [-0.4, -0.2) is 47.6 Å². The lowest BCUT2D eigenvalue weighted by molar-refractivity contribution is 0.0530. The molecule has 146 valence electrons. The summed E-state index contributed by atoms with van der Waals surface area (Å²) in [6.45, 7) is 6.33. The summed E-state index contributed by atoms with van der Waals surface area (Å²) >= 11 is 0. The van der Waals surface area contributed by atoms with E-state index in [2.05, 4.69) is 70.5 Å². The van der Waals surface area contributed by atoms with Crippen LogP contribution in [0.25, 0.3) is 0 Å². The van der Waals surface area contributed by atoms with Crippen molar-refractivity contribution in [1.82, 2.24) is 9.80 Å². The molecule has 4 rings (SSSR count). The van der Waals surface area contributed by atoms with Crippen LogP contribution < -0.4 is 0 Å². The fourth-order valence-corrected chi connectivity index (χ4v) is 4.06. The van der Waals surface area contributed by atoms with Crippen LogP contribution in [0.2, 0.25) is 0 Å². The van der Waals surface area contributed by atoms with Gasteiger partial charge in [0.1, 0.15) is 17.6 Å². The number of aryl methyl sites for hydroxylation is 1. The summed E-state index contributed by atoms with van der Waals surface area (Å²) in [5.41, 5.74) is 2.65. The first-order chi connectivity index (χ1) is 13.7. The molecule has 3 aromatic rings. The van der Waals surface area contributed by atoms with Gasteiger partial charge in [-0.1, -0.05) is 60.7 Å². The molecule has 4 heteroatoms. The van der Waals surface area contributed by atoms with Crippen LogP contribution >= 0.6 is 0 Å². The maximum Gasteiger partial charge on any atom is 0.133 e. The highest BCUT2D eigenvalue weighted by atomic mass is 16.4. The van der Waals surface area contributed by atoms with Crippen molar-refractivity contribution in [2.24, 2.45) is 0 Å². The Morgan fingerprint density at radius 1 is 0.821 bits per heavy atom. The minimum absolute atomic E-state index is 0.266. The van der Waals surface area contributed by atoms with E-state index in [0.29, 0.717) is 12.3 Å². The summed E-state index contributed by atoms with van der Waals surface area (Å²) in [6, 6.07) is 25.5. The minimum atomic E-state index is -0.570. The van der Waals surface area contributed by atoms with Crippen LogP contribution in [-0.2, 0) is 0 Å². The van der Waals surface area contributed by atoms with E-state index in [1.165, 1.54) is 11.1 Å². The Labute approximate surface area is 167 Å². The number of benzene rings is 2. The first-order valence-electron chi connectivity index (χ1n) is 10.0. The van der Waals surface area contributed by atoms with E-state index in [0.717, 1.165) is 31.9 Å². The van der Waals surface area contributed by atoms with Crippen molar-refractivity contribution in [3.63, 3.8) is 0 Å². The van der Waals surface area contributed by atoms with Crippen molar-refractivity contribution in [3.05, 3.63) is 95.4 Å². The number of β-amino-alcohol motifs (C(OH)–C–C–N with tert-alkyl or cyclic N) is 1. The second kappa shape index (κ2) is 8.74. The fourth-order valence-electron chi connectivity index (χ4n) is 4.06. The molecule has 28 heavy (non-hydrogen) atoms. The Hall–Kier alpha value is -2.40. The predicted octanol–water partition coefficient (Wildman–Crippen LogP) is 4.03. The second-order valence-corrected chi connectivity index (χ2v) is 7.52. The quantitative estimate of drug-likeness (QED) is 0.705. The molecular weight excluding hydrogens is 348 g/mol. The number of furan rings is 1. The Bertz CT molecular complexity index is 815. The standard InChI is InChI=1S/C24H28N2O2/c1-19-12-13-23(28-19)22(27)18-25-14-16-26(17-15-25)24(20-8-4-2-5-9-20)21-10-6-3-7-11-21/h2-13,22,24,27H,14-18H2,1H3. The SMILES string of the molecule is Cc1ccc(C(O)CN2CCN(C(c3ccccc3)c3ccccc3)CC2)o1. The highest BCUT2D eigenvalue weighted by Gasteiger charge is 2.27. The molecule has 0 spiro atoms. The van der Waals surface area contributed by atoms with Crippen LogP contribution in [0.15, 0.2) is 77.2 Å². The Balaban J connectivity index is 1.43. The topological polar surface area (TPSA) is 39.9 Å². The Morgan fingerprint density at radius 3 is 1.89 bits per heavy atom. The number of hydrogen-bond acceptors (Lipinski definition) is 4. The predicted molar refractivity (Wildman–Crippen MR) is 111 cm³/mol. The number of aliphatic hydroxyl groups excluding tert-OH is 1. The van der Waals surface area contributed by atoms with Gasteiger partial charge in [0, 0.05) is 32.7 Å². The molecule has 2 aromatic carbocycles. The summed E-state index contributed by atoms with van der Waals surface area (Å²) < 4.78 is 5.57. The Kier molecular flexibility index (Phi) is 5.91. The smallest absolute Gasteiger partial charge is 0.133 e. The van der Waals surface area contributed by atoms with Crippen molar-refractivity contribution >= 4 is 0 Å². The third-order valence-electron chi connectivity index (χ3n) is 5.52. The van der Waals surface area contributed by atoms with Gasteiger partial charge in [-0.05, 0) is 30.2 Å². The molecule has 1 aliphatic rings. The average Bonchev–Trinajstić information content (AvgIpc) is 3.18. The van der Waals surface area contributed by atoms with Gasteiger partial charge in [-0.25, -0.2) is 0 Å². The molecule has 0 saturated carbocycles. The summed E-state index contributed by atoms with van der Waals surface area (Å²) in [6.07, 6.45) is -0.570. The van der Waals surface area contributed by atoms with E-state index >= 15 is 0 Å². The molecule has 1 unspecified atom stereocenters. The van der Waals surface area contributed by atoms with Crippen molar-refractivity contribution < 1.29 is 9.52 Å². The first-order valence-corrected chi connectivity index (χ1v) is 10.0. The number of nitrogens with zero attached hydrogens (tertiary/aromatic N) is 2. The minimum Gasteiger partial charge on any atom is -0.464 e. The highest BCUT2D eigenvalue weighted by Crippen LogP contribution is 2.29. The summed E-state index contributed by atoms with van der Waals surface area (Å²) in [7, 11) is 0. The second-order valence-electron chi connectivity index (χ2n) is 7.52. The van der Waals surface area contributed by atoms with Gasteiger partial charge < -0.3 is 9.52 Å². The lowest BCUT2D eigenvalue weighted by Gasteiger charge is -2.40. The zero-order valence-corrected chi connectivity index (χ0v) is 16.4. The lowest BCUT2D eigenvalue weighted by Crippen LogP contribution is -2.48. The number of hydrogen-bond donors (Lipinski definition) is 1. The summed E-state index contributed by atoms with van der Waals surface area (Å²) in [5.74, 6) is 1.50. The number of piperazine rings is 1. The number of rotatable bonds is 6. The maximum absolute atomic E-state index is 10.5. The van der Waals surface area contributed by atoms with Crippen LogP contribution in [0.3, 0.4) is 0 Å². The largest absolute Gasteiger partial charge is 0.464 e. The van der Waals surface area contributed by atoms with Crippen LogP contribution in [0.5, 0.6) is 0 Å². The summed E-state index contributed by atoms with van der Waals surface area (Å²) in [5, 5.41) is 10.5. The summed E-state index contributed by atoms with van der Waals surface area (Å²) in [4.78, 5) is 4.87. The average molecular weight is 377 g/mol. The third kappa shape index (κ3) is 4.36. The van der Waals surface area contributed by atoms with Gasteiger partial charge >= 0.3 is 0 Å². The van der Waals surface area contributed by atoms with Crippen molar-refractivity contribution in [2.45, 2.75) is 19.1 Å². The highest BCUT2D eigenvalue weighted by molar-refractivity contribution is 5.32. The van der Waals surface area contributed by atoms with Gasteiger partial charge in [0.2, 0.25) is 0 Å². The van der Waals surface area contributed by atoms with Gasteiger partial charge in [0.25, 0.3) is 0 Å². The zero-order valence-electron chi connectivity index (χ0n) is 16.4. The molecule has 1 atom stereocenters. The van der Waals surface area contributed by atoms with Gasteiger partial charge in [-0.2, -0.15) is 0 Å². The molecule has 0 radical (unpaired) electrons. The van der Waals surface area contributed by atoms with Crippen molar-refractivity contribution in [2.75, 3.05) is 32.7 Å². The molecule has 1 saturated heterocycles. The van der Waals surface area contributed by atoms with Gasteiger partial charge in [0.15, 0.2) is 0 Å². The van der Waals surface area contributed by atoms with Crippen LogP contribution in [0.1, 0.15) is 34.8 Å². The molecule has 0 amide bonds. The van der Waals surface area contributed by atoms with Crippen molar-refractivity contribution in [3.8, 4) is 0 Å². The fraction of sp³-hybridized carbons (Fsp3) is 0.333. The molecule has 0 aliphatic carbocycles. The molecule has 0 bridgehead atoms. The lowest BCUT2D eigenvalue weighted by atomic mass is 9.96. The Morgan fingerprint density at radius 2 is 1.39 bits per heavy atom. The first kappa shape index (κ1) is 18.9. The van der Waals surface area contributed by atoms with E-state index in [1.54, 1.807) is 0 Å². The maximum atomic E-state index is 10.5. The van der Waals surface area contributed by atoms with E-state index in [1.807, 2.05) is 19.1 Å². The molecule has 4 nitrogen and oxygen atoms in total. The molecular formula is C24H28N2O2. The van der Waals surface area contributed by atoms with Gasteiger partial charge in [-0.3, -0.25) is 9.80 Å². The molecule has 1 aliphatic heterocycles. The van der Waals surface area contributed by atoms with E-state index in [-0.39, 0.29) is 6.04 Å². The zero-order chi connectivity index (χ0) is 19.3. The van der Waals surface area contributed by atoms with Crippen LogP contribution in [0.4, 0.5) is 0 Å². The molecule has 1 aromatic heterocycles. The van der Waals surface area contributed by atoms with E-state index in [4.69, 9.17) is 4.42 Å².